The van der Waals surface area contributed by atoms with Crippen molar-refractivity contribution in [3.63, 3.8) is 0 Å². The maximum atomic E-state index is 12.3. The number of hydrogen-bond acceptors (Lipinski definition) is 3. The van der Waals surface area contributed by atoms with Crippen LogP contribution in [0.15, 0.2) is 29.2 Å². The summed E-state index contributed by atoms with van der Waals surface area (Å²) in [5, 5.41) is 0. The van der Waals surface area contributed by atoms with Gasteiger partial charge in [-0.1, -0.05) is 6.08 Å². The predicted molar refractivity (Wildman–Crippen MR) is 67.6 cm³/mol. The molecule has 0 radical (unpaired) electrons. The molecule has 0 aliphatic carbocycles. The standard InChI is InChI=1S/C13H20N2O2/c1-5-8-15(13(2,3)4)12(16)11-7-6-10(9-14)17-11/h5-7H,1,8-9,14H2,2-4H3. The minimum atomic E-state index is -0.277. The second-order valence-corrected chi connectivity index (χ2v) is 4.85. The minimum Gasteiger partial charge on any atom is -0.455 e. The number of hydrogen-bond donors (Lipinski definition) is 1. The molecule has 0 saturated heterocycles. The van der Waals surface area contributed by atoms with E-state index in [2.05, 4.69) is 6.58 Å². The maximum Gasteiger partial charge on any atom is 0.290 e. The number of rotatable bonds is 4. The molecule has 0 aliphatic rings. The molecule has 1 aromatic rings. The summed E-state index contributed by atoms with van der Waals surface area (Å²) in [7, 11) is 0. The van der Waals surface area contributed by atoms with Crippen LogP contribution in [-0.4, -0.2) is 22.9 Å². The zero-order valence-electron chi connectivity index (χ0n) is 10.7. The Hall–Kier alpha value is -1.55. The molecular weight excluding hydrogens is 216 g/mol. The summed E-state index contributed by atoms with van der Waals surface area (Å²) in [5.74, 6) is 0.792. The fraction of sp³-hybridized carbons (Fsp3) is 0.462. The van der Waals surface area contributed by atoms with Gasteiger partial charge in [0, 0.05) is 12.1 Å². The van der Waals surface area contributed by atoms with E-state index in [1.165, 1.54) is 0 Å². The molecule has 0 atom stereocenters. The number of carbonyl (C=O) groups is 1. The normalized spacial score (nSPS) is 11.3. The highest BCUT2D eigenvalue weighted by Crippen LogP contribution is 2.18. The van der Waals surface area contributed by atoms with Crippen molar-refractivity contribution in [2.45, 2.75) is 32.9 Å². The lowest BCUT2D eigenvalue weighted by molar-refractivity contribution is 0.0582. The molecule has 0 unspecified atom stereocenters. The zero-order chi connectivity index (χ0) is 13.1. The second-order valence-electron chi connectivity index (χ2n) is 4.85. The summed E-state index contributed by atoms with van der Waals surface area (Å²) in [4.78, 5) is 14.0. The van der Waals surface area contributed by atoms with Gasteiger partial charge in [-0.2, -0.15) is 0 Å². The molecule has 2 N–H and O–H groups in total. The predicted octanol–water partition coefficient (Wildman–Crippen LogP) is 2.17. The van der Waals surface area contributed by atoms with E-state index in [0.717, 1.165) is 0 Å². The van der Waals surface area contributed by atoms with Crippen LogP contribution in [0.1, 0.15) is 37.1 Å². The van der Waals surface area contributed by atoms with Crippen molar-refractivity contribution >= 4 is 5.91 Å². The first-order valence-electron chi connectivity index (χ1n) is 5.61. The van der Waals surface area contributed by atoms with E-state index in [9.17, 15) is 4.79 Å². The van der Waals surface area contributed by atoms with E-state index in [0.29, 0.717) is 24.6 Å². The minimum absolute atomic E-state index is 0.142. The van der Waals surface area contributed by atoms with Gasteiger partial charge in [-0.15, -0.1) is 6.58 Å². The van der Waals surface area contributed by atoms with Crippen molar-refractivity contribution in [2.75, 3.05) is 6.54 Å². The SMILES string of the molecule is C=CCN(C(=O)c1ccc(CN)o1)C(C)(C)C. The average Bonchev–Trinajstić information content (AvgIpc) is 2.71. The summed E-state index contributed by atoms with van der Waals surface area (Å²) in [6.07, 6.45) is 1.70. The summed E-state index contributed by atoms with van der Waals surface area (Å²) < 4.78 is 5.37. The third-order valence-corrected chi connectivity index (χ3v) is 2.44. The molecule has 0 aliphatic heterocycles. The lowest BCUT2D eigenvalue weighted by atomic mass is 10.1. The van der Waals surface area contributed by atoms with E-state index in [4.69, 9.17) is 10.2 Å². The molecule has 0 aromatic carbocycles. The van der Waals surface area contributed by atoms with Crippen LogP contribution in [0.3, 0.4) is 0 Å². The van der Waals surface area contributed by atoms with Crippen molar-refractivity contribution in [2.24, 2.45) is 5.73 Å². The van der Waals surface area contributed by atoms with Gasteiger partial charge in [0.1, 0.15) is 5.76 Å². The Morgan fingerprint density at radius 1 is 1.53 bits per heavy atom. The Labute approximate surface area is 102 Å². The third kappa shape index (κ3) is 3.20. The first-order chi connectivity index (χ1) is 7.90. The molecule has 1 amide bonds. The van der Waals surface area contributed by atoms with E-state index >= 15 is 0 Å². The van der Waals surface area contributed by atoms with Gasteiger partial charge in [0.25, 0.3) is 5.91 Å². The third-order valence-electron chi connectivity index (χ3n) is 2.44. The van der Waals surface area contributed by atoms with Crippen LogP contribution in [0.4, 0.5) is 0 Å². The highest BCUT2D eigenvalue weighted by atomic mass is 16.4. The van der Waals surface area contributed by atoms with Gasteiger partial charge >= 0.3 is 0 Å². The Morgan fingerprint density at radius 2 is 2.18 bits per heavy atom. The van der Waals surface area contributed by atoms with Crippen molar-refractivity contribution in [3.8, 4) is 0 Å². The summed E-state index contributed by atoms with van der Waals surface area (Å²) >= 11 is 0. The van der Waals surface area contributed by atoms with E-state index in [1.54, 1.807) is 23.1 Å². The lowest BCUT2D eigenvalue weighted by Crippen LogP contribution is -2.45. The first kappa shape index (κ1) is 13.5. The van der Waals surface area contributed by atoms with Crippen LogP contribution >= 0.6 is 0 Å². The Balaban J connectivity index is 2.95. The number of nitrogens with zero attached hydrogens (tertiary/aromatic N) is 1. The summed E-state index contributed by atoms with van der Waals surface area (Å²) in [6.45, 7) is 10.4. The highest BCUT2D eigenvalue weighted by Gasteiger charge is 2.28. The van der Waals surface area contributed by atoms with E-state index < -0.39 is 0 Å². The van der Waals surface area contributed by atoms with Crippen molar-refractivity contribution in [3.05, 3.63) is 36.3 Å². The molecule has 17 heavy (non-hydrogen) atoms. The van der Waals surface area contributed by atoms with Crippen LogP contribution in [0, 0.1) is 0 Å². The highest BCUT2D eigenvalue weighted by molar-refractivity contribution is 5.92. The molecule has 0 saturated carbocycles. The Morgan fingerprint density at radius 3 is 2.59 bits per heavy atom. The van der Waals surface area contributed by atoms with Crippen LogP contribution in [-0.2, 0) is 6.54 Å². The molecule has 4 nitrogen and oxygen atoms in total. The molecule has 0 spiro atoms. The number of carbonyl (C=O) groups excluding carboxylic acids is 1. The fourth-order valence-corrected chi connectivity index (χ4v) is 1.53. The molecule has 94 valence electrons. The molecule has 4 heteroatoms. The second kappa shape index (κ2) is 5.19. The van der Waals surface area contributed by atoms with Crippen molar-refractivity contribution in [1.29, 1.82) is 0 Å². The maximum absolute atomic E-state index is 12.3. The van der Waals surface area contributed by atoms with Crippen molar-refractivity contribution in [1.82, 2.24) is 4.90 Å². The Kier molecular flexibility index (Phi) is 4.12. The molecular formula is C13H20N2O2. The van der Waals surface area contributed by atoms with Crippen LogP contribution in [0.5, 0.6) is 0 Å². The monoisotopic (exact) mass is 236 g/mol. The lowest BCUT2D eigenvalue weighted by Gasteiger charge is -2.34. The number of amides is 1. The molecule has 1 aromatic heterocycles. The van der Waals surface area contributed by atoms with Gasteiger partial charge in [0.05, 0.1) is 6.54 Å². The fourth-order valence-electron chi connectivity index (χ4n) is 1.53. The van der Waals surface area contributed by atoms with Gasteiger partial charge < -0.3 is 15.1 Å². The smallest absolute Gasteiger partial charge is 0.290 e. The van der Waals surface area contributed by atoms with Crippen molar-refractivity contribution < 1.29 is 9.21 Å². The first-order valence-corrected chi connectivity index (χ1v) is 5.61. The van der Waals surface area contributed by atoms with Crippen LogP contribution < -0.4 is 5.73 Å². The molecule has 0 fully saturated rings. The van der Waals surface area contributed by atoms with E-state index in [-0.39, 0.29) is 11.4 Å². The van der Waals surface area contributed by atoms with Gasteiger partial charge in [0.2, 0.25) is 0 Å². The van der Waals surface area contributed by atoms with E-state index in [1.807, 2.05) is 20.8 Å². The zero-order valence-corrected chi connectivity index (χ0v) is 10.7. The van der Waals surface area contributed by atoms with Gasteiger partial charge in [0.15, 0.2) is 5.76 Å². The summed E-state index contributed by atoms with van der Waals surface area (Å²) in [6, 6.07) is 3.38. The Bertz CT molecular complexity index is 402. The number of furan rings is 1. The quantitative estimate of drug-likeness (QED) is 0.815. The van der Waals surface area contributed by atoms with Crippen LogP contribution in [0.2, 0.25) is 0 Å². The average molecular weight is 236 g/mol. The number of nitrogens with two attached hydrogens (primary N) is 1. The molecule has 1 rings (SSSR count). The molecule has 0 bridgehead atoms. The van der Waals surface area contributed by atoms with Gasteiger partial charge in [-0.25, -0.2) is 0 Å². The largest absolute Gasteiger partial charge is 0.455 e. The van der Waals surface area contributed by atoms with Gasteiger partial charge in [-0.05, 0) is 32.9 Å². The molecule has 1 heterocycles. The van der Waals surface area contributed by atoms with Gasteiger partial charge in [-0.3, -0.25) is 4.79 Å². The topological polar surface area (TPSA) is 59.5 Å². The van der Waals surface area contributed by atoms with Crippen LogP contribution in [0.25, 0.3) is 0 Å². The summed E-state index contributed by atoms with van der Waals surface area (Å²) in [5.41, 5.74) is 5.17.